The van der Waals surface area contributed by atoms with E-state index in [4.69, 9.17) is 4.52 Å². The summed E-state index contributed by atoms with van der Waals surface area (Å²) in [6.45, 7) is 1.97. The van der Waals surface area contributed by atoms with Crippen molar-refractivity contribution in [3.05, 3.63) is 29.8 Å². The van der Waals surface area contributed by atoms with Crippen LogP contribution < -0.4 is 0 Å². The van der Waals surface area contributed by atoms with Crippen molar-refractivity contribution in [3.63, 3.8) is 0 Å². The van der Waals surface area contributed by atoms with Gasteiger partial charge in [-0.1, -0.05) is 30.5 Å². The van der Waals surface area contributed by atoms with Gasteiger partial charge in [0.15, 0.2) is 0 Å². The van der Waals surface area contributed by atoms with Crippen LogP contribution in [0.25, 0.3) is 11.5 Å². The van der Waals surface area contributed by atoms with Crippen LogP contribution in [0.4, 0.5) is 0 Å². The molecule has 2 heterocycles. The zero-order valence-electron chi connectivity index (χ0n) is 11.6. The van der Waals surface area contributed by atoms with Gasteiger partial charge in [0.1, 0.15) is 5.69 Å². The summed E-state index contributed by atoms with van der Waals surface area (Å²) in [6.07, 6.45) is 6.39. The number of aromatic nitrogens is 3. The van der Waals surface area contributed by atoms with Gasteiger partial charge in [-0.15, -0.1) is 0 Å². The highest BCUT2D eigenvalue weighted by Gasteiger charge is 2.28. The van der Waals surface area contributed by atoms with E-state index >= 15 is 0 Å². The highest BCUT2D eigenvalue weighted by Crippen LogP contribution is 2.32. The molecule has 0 spiro atoms. The van der Waals surface area contributed by atoms with Crippen LogP contribution in [0.2, 0.25) is 0 Å². The smallest absolute Gasteiger partial charge is 0.232 e. The molecular formula is C15H19N3O2. The second-order valence-electron chi connectivity index (χ2n) is 5.44. The number of rotatable bonds is 2. The molecule has 1 saturated carbocycles. The lowest BCUT2D eigenvalue weighted by atomic mass is 9.97. The summed E-state index contributed by atoms with van der Waals surface area (Å²) in [4.78, 5) is 8.75. The van der Waals surface area contributed by atoms with Gasteiger partial charge in [0.25, 0.3) is 0 Å². The molecule has 2 unspecified atom stereocenters. The fraction of sp³-hybridized carbons (Fsp3) is 0.533. The number of nitrogens with zero attached hydrogens (tertiary/aromatic N) is 3. The molecule has 1 aliphatic rings. The van der Waals surface area contributed by atoms with Crippen LogP contribution in [-0.2, 0) is 0 Å². The van der Waals surface area contributed by atoms with Crippen molar-refractivity contribution in [1.29, 1.82) is 0 Å². The van der Waals surface area contributed by atoms with Crippen LogP contribution in [0.15, 0.2) is 22.9 Å². The van der Waals surface area contributed by atoms with Gasteiger partial charge in [-0.3, -0.25) is 4.98 Å². The minimum absolute atomic E-state index is 0.0391. The van der Waals surface area contributed by atoms with E-state index in [1.54, 1.807) is 6.20 Å². The lowest BCUT2D eigenvalue weighted by molar-refractivity contribution is 0.119. The van der Waals surface area contributed by atoms with Crippen molar-refractivity contribution in [2.24, 2.45) is 0 Å². The number of aryl methyl sites for hydroxylation is 1. The summed E-state index contributed by atoms with van der Waals surface area (Å²) in [5, 5.41) is 14.2. The van der Waals surface area contributed by atoms with E-state index in [0.717, 1.165) is 43.4 Å². The van der Waals surface area contributed by atoms with Crippen molar-refractivity contribution >= 4 is 0 Å². The molecule has 0 bridgehead atoms. The van der Waals surface area contributed by atoms with Gasteiger partial charge in [0.05, 0.1) is 12.0 Å². The highest BCUT2D eigenvalue weighted by atomic mass is 16.5. The predicted molar refractivity (Wildman–Crippen MR) is 74.1 cm³/mol. The normalized spacial score (nSPS) is 23.5. The third-order valence-corrected chi connectivity index (χ3v) is 3.96. The minimum Gasteiger partial charge on any atom is -0.392 e. The van der Waals surface area contributed by atoms with Gasteiger partial charge in [-0.05, 0) is 31.4 Å². The number of aliphatic hydroxyl groups excluding tert-OH is 1. The Kier molecular flexibility index (Phi) is 3.78. The average Bonchev–Trinajstić information content (AvgIpc) is 2.82. The van der Waals surface area contributed by atoms with Gasteiger partial charge < -0.3 is 9.63 Å². The molecule has 0 amide bonds. The van der Waals surface area contributed by atoms with Crippen molar-refractivity contribution in [1.82, 2.24) is 15.1 Å². The molecule has 1 aliphatic carbocycles. The van der Waals surface area contributed by atoms with E-state index in [0.29, 0.717) is 11.7 Å². The van der Waals surface area contributed by atoms with Gasteiger partial charge in [0, 0.05) is 6.20 Å². The van der Waals surface area contributed by atoms with E-state index in [-0.39, 0.29) is 12.0 Å². The Balaban J connectivity index is 1.88. The number of aliphatic hydroxyl groups is 1. The average molecular weight is 273 g/mol. The molecule has 20 heavy (non-hydrogen) atoms. The SMILES string of the molecule is Cc1cccnc1-c1noc(C2CCCCCC2O)n1. The monoisotopic (exact) mass is 273 g/mol. The molecule has 0 saturated heterocycles. The lowest BCUT2D eigenvalue weighted by Crippen LogP contribution is -2.17. The van der Waals surface area contributed by atoms with Crippen molar-refractivity contribution in [2.75, 3.05) is 0 Å². The predicted octanol–water partition coefficient (Wildman–Crippen LogP) is 2.85. The fourth-order valence-corrected chi connectivity index (χ4v) is 2.78. The van der Waals surface area contributed by atoms with Gasteiger partial charge in [0.2, 0.25) is 11.7 Å². The van der Waals surface area contributed by atoms with Crippen LogP contribution in [-0.4, -0.2) is 26.3 Å². The Labute approximate surface area is 118 Å². The van der Waals surface area contributed by atoms with Gasteiger partial charge >= 0.3 is 0 Å². The number of hydrogen-bond acceptors (Lipinski definition) is 5. The Hall–Kier alpha value is -1.75. The fourth-order valence-electron chi connectivity index (χ4n) is 2.78. The van der Waals surface area contributed by atoms with E-state index in [9.17, 15) is 5.11 Å². The molecule has 1 N–H and O–H groups in total. The van der Waals surface area contributed by atoms with E-state index < -0.39 is 0 Å². The highest BCUT2D eigenvalue weighted by molar-refractivity contribution is 5.53. The van der Waals surface area contributed by atoms with Crippen LogP contribution in [0, 0.1) is 6.92 Å². The van der Waals surface area contributed by atoms with Crippen molar-refractivity contribution in [3.8, 4) is 11.5 Å². The van der Waals surface area contributed by atoms with Crippen molar-refractivity contribution < 1.29 is 9.63 Å². The van der Waals surface area contributed by atoms with Crippen LogP contribution >= 0.6 is 0 Å². The molecule has 2 aromatic rings. The zero-order chi connectivity index (χ0) is 13.9. The van der Waals surface area contributed by atoms with E-state index in [2.05, 4.69) is 15.1 Å². The van der Waals surface area contributed by atoms with Crippen molar-refractivity contribution in [2.45, 2.75) is 51.0 Å². The third kappa shape index (κ3) is 2.58. The standard InChI is InChI=1S/C15H19N3O2/c1-10-6-5-9-16-13(10)14-17-15(20-18-14)11-7-3-2-4-8-12(11)19/h5-6,9,11-12,19H,2-4,7-8H2,1H3. The van der Waals surface area contributed by atoms with Crippen LogP contribution in [0.5, 0.6) is 0 Å². The quantitative estimate of drug-likeness (QED) is 0.852. The Morgan fingerprint density at radius 2 is 2.10 bits per heavy atom. The molecule has 3 rings (SSSR count). The third-order valence-electron chi connectivity index (χ3n) is 3.96. The summed E-state index contributed by atoms with van der Waals surface area (Å²) in [5.41, 5.74) is 1.76. The second-order valence-corrected chi connectivity index (χ2v) is 5.44. The van der Waals surface area contributed by atoms with E-state index in [1.165, 1.54) is 0 Å². The Morgan fingerprint density at radius 3 is 2.95 bits per heavy atom. The summed E-state index contributed by atoms with van der Waals surface area (Å²) in [7, 11) is 0. The molecule has 0 aliphatic heterocycles. The molecule has 0 aromatic carbocycles. The Bertz CT molecular complexity index is 582. The molecule has 5 heteroatoms. The first kappa shape index (κ1) is 13.2. The molecule has 2 atom stereocenters. The second kappa shape index (κ2) is 5.71. The van der Waals surface area contributed by atoms with Gasteiger partial charge in [-0.25, -0.2) is 0 Å². The minimum atomic E-state index is -0.379. The first-order valence-corrected chi connectivity index (χ1v) is 7.19. The first-order chi connectivity index (χ1) is 9.75. The molecule has 106 valence electrons. The molecule has 2 aromatic heterocycles. The molecule has 5 nitrogen and oxygen atoms in total. The maximum atomic E-state index is 10.2. The summed E-state index contributed by atoms with van der Waals surface area (Å²) in [6, 6.07) is 3.85. The van der Waals surface area contributed by atoms with Crippen LogP contribution in [0.1, 0.15) is 49.5 Å². The number of hydrogen-bond donors (Lipinski definition) is 1. The Morgan fingerprint density at radius 1 is 1.25 bits per heavy atom. The summed E-state index contributed by atoms with van der Waals surface area (Å²) < 4.78 is 5.38. The first-order valence-electron chi connectivity index (χ1n) is 7.19. The maximum absolute atomic E-state index is 10.2. The number of pyridine rings is 1. The topological polar surface area (TPSA) is 72.0 Å². The summed E-state index contributed by atoms with van der Waals surface area (Å²) in [5.74, 6) is 1.01. The van der Waals surface area contributed by atoms with E-state index in [1.807, 2.05) is 19.1 Å². The van der Waals surface area contributed by atoms with Gasteiger partial charge in [-0.2, -0.15) is 4.98 Å². The molecule has 0 radical (unpaired) electrons. The molecular weight excluding hydrogens is 254 g/mol. The maximum Gasteiger partial charge on any atom is 0.232 e. The van der Waals surface area contributed by atoms with Crippen LogP contribution in [0.3, 0.4) is 0 Å². The zero-order valence-corrected chi connectivity index (χ0v) is 11.6. The largest absolute Gasteiger partial charge is 0.392 e. The lowest BCUT2D eigenvalue weighted by Gasteiger charge is -2.15. The molecule has 1 fully saturated rings. The summed E-state index contributed by atoms with van der Waals surface area (Å²) >= 11 is 0.